The number of hydrogen-bond acceptors (Lipinski definition) is 5. The van der Waals surface area contributed by atoms with Crippen LogP contribution < -0.4 is 5.32 Å². The van der Waals surface area contributed by atoms with Gasteiger partial charge in [-0.1, -0.05) is 19.3 Å². The highest BCUT2D eigenvalue weighted by molar-refractivity contribution is 5.93. The molecule has 1 amide bonds. The number of aliphatic hydroxyl groups is 1. The SMILES string of the molecule is CNC(=O)c1ccc(C2CN(CC3(O)CCCCC3)CCO2)nc1. The number of hydrogen-bond donors (Lipinski definition) is 2. The fourth-order valence-corrected chi connectivity index (χ4v) is 3.68. The van der Waals surface area contributed by atoms with Crippen LogP contribution in [-0.4, -0.2) is 59.8 Å². The first-order chi connectivity index (χ1) is 11.6. The molecule has 1 saturated carbocycles. The molecule has 1 aliphatic heterocycles. The minimum atomic E-state index is -0.545. The number of nitrogens with one attached hydrogen (secondary N) is 1. The molecule has 2 fully saturated rings. The molecule has 0 bridgehead atoms. The molecule has 0 spiro atoms. The topological polar surface area (TPSA) is 74.7 Å². The normalized spacial score (nSPS) is 24.5. The van der Waals surface area contributed by atoms with E-state index in [1.807, 2.05) is 6.07 Å². The highest BCUT2D eigenvalue weighted by Gasteiger charge is 2.33. The van der Waals surface area contributed by atoms with Gasteiger partial charge in [-0.15, -0.1) is 0 Å². The Morgan fingerprint density at radius 1 is 1.42 bits per heavy atom. The lowest BCUT2D eigenvalue weighted by molar-refractivity contribution is -0.0776. The molecule has 1 aromatic heterocycles. The lowest BCUT2D eigenvalue weighted by atomic mass is 9.84. The summed E-state index contributed by atoms with van der Waals surface area (Å²) in [5.74, 6) is -0.139. The van der Waals surface area contributed by atoms with E-state index in [0.29, 0.717) is 18.7 Å². The molecule has 1 atom stereocenters. The molecule has 24 heavy (non-hydrogen) atoms. The van der Waals surface area contributed by atoms with Crippen molar-refractivity contribution in [1.82, 2.24) is 15.2 Å². The largest absolute Gasteiger partial charge is 0.389 e. The Bertz CT molecular complexity index is 555. The van der Waals surface area contributed by atoms with Crippen molar-refractivity contribution in [3.8, 4) is 0 Å². The zero-order chi connectivity index (χ0) is 17.0. The van der Waals surface area contributed by atoms with Crippen LogP contribution in [0, 0.1) is 0 Å². The van der Waals surface area contributed by atoms with Crippen LogP contribution in [0.4, 0.5) is 0 Å². The molecule has 0 radical (unpaired) electrons. The number of amides is 1. The van der Waals surface area contributed by atoms with Crippen molar-refractivity contribution in [3.63, 3.8) is 0 Å². The molecule has 6 heteroatoms. The third kappa shape index (κ3) is 4.12. The molecule has 2 aliphatic rings. The number of carbonyl (C=O) groups is 1. The number of pyridine rings is 1. The Balaban J connectivity index is 1.61. The number of carbonyl (C=O) groups excluding carboxylic acids is 1. The van der Waals surface area contributed by atoms with E-state index < -0.39 is 5.60 Å². The maximum Gasteiger partial charge on any atom is 0.252 e. The summed E-state index contributed by atoms with van der Waals surface area (Å²) >= 11 is 0. The molecule has 3 rings (SSSR count). The maximum atomic E-state index is 11.6. The monoisotopic (exact) mass is 333 g/mol. The lowest BCUT2D eigenvalue weighted by Gasteiger charge is -2.40. The lowest BCUT2D eigenvalue weighted by Crippen LogP contribution is -2.49. The Labute approximate surface area is 143 Å². The Morgan fingerprint density at radius 3 is 2.88 bits per heavy atom. The number of nitrogens with zero attached hydrogens (tertiary/aromatic N) is 2. The van der Waals surface area contributed by atoms with Gasteiger partial charge in [-0.05, 0) is 25.0 Å². The molecule has 2 heterocycles. The van der Waals surface area contributed by atoms with Gasteiger partial charge in [-0.3, -0.25) is 14.7 Å². The van der Waals surface area contributed by atoms with Crippen molar-refractivity contribution < 1.29 is 14.6 Å². The number of β-amino-alcohol motifs (C(OH)–C–C–N with tert-alkyl or cyclic N) is 1. The summed E-state index contributed by atoms with van der Waals surface area (Å²) in [7, 11) is 1.61. The van der Waals surface area contributed by atoms with Crippen LogP contribution in [0.2, 0.25) is 0 Å². The number of ether oxygens (including phenoxy) is 1. The molecule has 1 aliphatic carbocycles. The summed E-state index contributed by atoms with van der Waals surface area (Å²) in [6.07, 6.45) is 6.74. The smallest absolute Gasteiger partial charge is 0.252 e. The molecule has 1 aromatic rings. The first-order valence-electron chi connectivity index (χ1n) is 8.84. The Morgan fingerprint density at radius 2 is 2.21 bits per heavy atom. The first kappa shape index (κ1) is 17.3. The summed E-state index contributed by atoms with van der Waals surface area (Å²) in [6, 6.07) is 3.63. The zero-order valence-corrected chi connectivity index (χ0v) is 14.3. The van der Waals surface area contributed by atoms with Gasteiger partial charge in [0.25, 0.3) is 5.91 Å². The summed E-state index contributed by atoms with van der Waals surface area (Å²) in [5, 5.41) is 13.4. The zero-order valence-electron chi connectivity index (χ0n) is 14.3. The maximum absolute atomic E-state index is 11.6. The molecular formula is C18H27N3O3. The van der Waals surface area contributed by atoms with Gasteiger partial charge >= 0.3 is 0 Å². The minimum absolute atomic E-state index is 0.107. The van der Waals surface area contributed by atoms with Crippen LogP contribution >= 0.6 is 0 Å². The van der Waals surface area contributed by atoms with E-state index in [4.69, 9.17) is 4.74 Å². The van der Waals surface area contributed by atoms with E-state index in [9.17, 15) is 9.90 Å². The molecule has 1 unspecified atom stereocenters. The first-order valence-corrected chi connectivity index (χ1v) is 8.84. The van der Waals surface area contributed by atoms with Crippen molar-refractivity contribution >= 4 is 5.91 Å². The molecule has 6 nitrogen and oxygen atoms in total. The second kappa shape index (κ2) is 7.59. The average molecular weight is 333 g/mol. The minimum Gasteiger partial charge on any atom is -0.389 e. The average Bonchev–Trinajstić information content (AvgIpc) is 2.61. The van der Waals surface area contributed by atoms with Crippen LogP contribution in [0.25, 0.3) is 0 Å². The van der Waals surface area contributed by atoms with Gasteiger partial charge in [0.2, 0.25) is 0 Å². The molecule has 2 N–H and O–H groups in total. The van der Waals surface area contributed by atoms with Crippen molar-refractivity contribution in [3.05, 3.63) is 29.6 Å². The van der Waals surface area contributed by atoms with Gasteiger partial charge in [0.15, 0.2) is 0 Å². The van der Waals surface area contributed by atoms with E-state index in [2.05, 4.69) is 15.2 Å². The van der Waals surface area contributed by atoms with E-state index >= 15 is 0 Å². The van der Waals surface area contributed by atoms with Crippen molar-refractivity contribution in [2.24, 2.45) is 0 Å². The Hall–Kier alpha value is -1.50. The van der Waals surface area contributed by atoms with Gasteiger partial charge in [-0.2, -0.15) is 0 Å². The number of morpholine rings is 1. The van der Waals surface area contributed by atoms with Crippen molar-refractivity contribution in [2.75, 3.05) is 33.3 Å². The van der Waals surface area contributed by atoms with Crippen LogP contribution in [0.3, 0.4) is 0 Å². The molecule has 132 valence electrons. The summed E-state index contributed by atoms with van der Waals surface area (Å²) in [5.41, 5.74) is 0.838. The molecule has 1 saturated heterocycles. The third-order valence-corrected chi connectivity index (χ3v) is 5.06. The van der Waals surface area contributed by atoms with Gasteiger partial charge in [0, 0.05) is 32.9 Å². The van der Waals surface area contributed by atoms with Crippen LogP contribution in [-0.2, 0) is 4.74 Å². The second-order valence-corrected chi connectivity index (χ2v) is 6.93. The number of rotatable bonds is 4. The third-order valence-electron chi connectivity index (χ3n) is 5.06. The van der Waals surface area contributed by atoms with Crippen LogP contribution in [0.15, 0.2) is 18.3 Å². The fraction of sp³-hybridized carbons (Fsp3) is 0.667. The van der Waals surface area contributed by atoms with Crippen LogP contribution in [0.1, 0.15) is 54.3 Å². The van der Waals surface area contributed by atoms with Crippen molar-refractivity contribution in [1.29, 1.82) is 0 Å². The molecule has 0 aromatic carbocycles. The van der Waals surface area contributed by atoms with E-state index in [-0.39, 0.29) is 12.0 Å². The van der Waals surface area contributed by atoms with Gasteiger partial charge in [-0.25, -0.2) is 0 Å². The van der Waals surface area contributed by atoms with E-state index in [1.165, 1.54) is 6.42 Å². The van der Waals surface area contributed by atoms with Crippen molar-refractivity contribution in [2.45, 2.75) is 43.8 Å². The standard InChI is InChI=1S/C18H27N3O3/c1-19-17(22)14-5-6-15(20-11-14)16-12-21(9-10-24-16)13-18(23)7-3-2-4-8-18/h5-6,11,16,23H,2-4,7-10,12-13H2,1H3,(H,19,22). The summed E-state index contributed by atoms with van der Waals surface area (Å²) in [6.45, 7) is 2.92. The summed E-state index contributed by atoms with van der Waals surface area (Å²) < 4.78 is 5.86. The highest BCUT2D eigenvalue weighted by Crippen LogP contribution is 2.30. The van der Waals surface area contributed by atoms with Gasteiger partial charge in [0.1, 0.15) is 6.10 Å². The highest BCUT2D eigenvalue weighted by atomic mass is 16.5. The van der Waals surface area contributed by atoms with Gasteiger partial charge in [0.05, 0.1) is 23.5 Å². The number of aromatic nitrogens is 1. The fourth-order valence-electron chi connectivity index (χ4n) is 3.68. The second-order valence-electron chi connectivity index (χ2n) is 6.93. The van der Waals surface area contributed by atoms with Crippen LogP contribution in [0.5, 0.6) is 0 Å². The Kier molecular flexibility index (Phi) is 5.48. The van der Waals surface area contributed by atoms with E-state index in [1.54, 1.807) is 19.3 Å². The predicted molar refractivity (Wildman–Crippen MR) is 90.8 cm³/mol. The predicted octanol–water partition coefficient (Wildman–Crippen LogP) is 1.51. The van der Waals surface area contributed by atoms with E-state index in [0.717, 1.165) is 44.5 Å². The quantitative estimate of drug-likeness (QED) is 0.874. The van der Waals surface area contributed by atoms with Gasteiger partial charge < -0.3 is 15.2 Å². The summed E-state index contributed by atoms with van der Waals surface area (Å²) in [4.78, 5) is 18.3. The molecular weight excluding hydrogens is 306 g/mol.